The van der Waals surface area contributed by atoms with Gasteiger partial charge in [0.2, 0.25) is 11.8 Å². The van der Waals surface area contributed by atoms with Gasteiger partial charge in [0, 0.05) is 28.7 Å². The molecule has 0 bridgehead atoms. The van der Waals surface area contributed by atoms with Gasteiger partial charge in [-0.3, -0.25) is 9.69 Å². The van der Waals surface area contributed by atoms with Gasteiger partial charge < -0.3 is 15.2 Å². The lowest BCUT2D eigenvalue weighted by Gasteiger charge is -2.42. The number of carbonyl (C=O) groups is 2. The van der Waals surface area contributed by atoms with Gasteiger partial charge in [-0.2, -0.15) is 5.10 Å². The summed E-state index contributed by atoms with van der Waals surface area (Å²) >= 11 is 12.7. The molecule has 42 heavy (non-hydrogen) atoms. The number of hydrogen-bond donors (Lipinski definition) is 2. The monoisotopic (exact) mass is 608 g/mol. The first kappa shape index (κ1) is 27.2. The van der Waals surface area contributed by atoms with E-state index in [9.17, 15) is 14.7 Å². The third-order valence-electron chi connectivity index (χ3n) is 8.56. The Labute approximate surface area is 251 Å². The predicted molar refractivity (Wildman–Crippen MR) is 157 cm³/mol. The van der Waals surface area contributed by atoms with Gasteiger partial charge in [-0.1, -0.05) is 62.2 Å². The fourth-order valence-electron chi connectivity index (χ4n) is 7.12. The first-order valence-electron chi connectivity index (χ1n) is 13.6. The highest BCUT2D eigenvalue weighted by atomic mass is 35.5. The van der Waals surface area contributed by atoms with Crippen LogP contribution >= 0.6 is 23.2 Å². The van der Waals surface area contributed by atoms with Crippen molar-refractivity contribution < 1.29 is 23.8 Å². The Morgan fingerprint density at radius 2 is 1.98 bits per heavy atom. The summed E-state index contributed by atoms with van der Waals surface area (Å²) in [6, 6.07) is 13.8. The van der Waals surface area contributed by atoms with Crippen molar-refractivity contribution >= 4 is 51.7 Å². The van der Waals surface area contributed by atoms with Gasteiger partial charge in [-0.15, -0.1) is 0 Å². The molecule has 7 rings (SSSR count). The van der Waals surface area contributed by atoms with Crippen molar-refractivity contribution in [2.75, 3.05) is 18.5 Å². The molecule has 3 aliphatic rings. The van der Waals surface area contributed by atoms with Crippen LogP contribution in [0.3, 0.4) is 0 Å². The molecule has 1 fully saturated rings. The summed E-state index contributed by atoms with van der Waals surface area (Å²) in [5.74, 6) is -2.32. The fourth-order valence-corrected chi connectivity index (χ4v) is 7.47. The number of rotatable bonds is 3. The number of carboxylic acid groups (broad SMARTS) is 1. The quantitative estimate of drug-likeness (QED) is 0.276. The molecule has 4 heterocycles. The molecule has 11 heteroatoms. The van der Waals surface area contributed by atoms with E-state index in [2.05, 4.69) is 31.0 Å². The van der Waals surface area contributed by atoms with E-state index < -0.39 is 35.3 Å². The normalized spacial score (nSPS) is 24.8. The summed E-state index contributed by atoms with van der Waals surface area (Å²) in [7, 11) is 0. The van der Waals surface area contributed by atoms with Crippen LogP contribution < -0.4 is 10.1 Å². The van der Waals surface area contributed by atoms with Crippen molar-refractivity contribution in [2.24, 2.45) is 5.41 Å². The third-order valence-corrected chi connectivity index (χ3v) is 9.09. The molecule has 3 aliphatic heterocycles. The highest BCUT2D eigenvalue weighted by Crippen LogP contribution is 2.63. The lowest BCUT2D eigenvalue weighted by molar-refractivity contribution is -0.129. The smallest absolute Gasteiger partial charge is 0.335 e. The van der Waals surface area contributed by atoms with Crippen molar-refractivity contribution in [2.45, 2.75) is 44.3 Å². The molecule has 3 aromatic carbocycles. The van der Waals surface area contributed by atoms with Crippen molar-refractivity contribution in [3.05, 3.63) is 87.2 Å². The molecule has 1 spiro atoms. The molecule has 4 atom stereocenters. The molecule has 0 radical (unpaired) electrons. The largest absolute Gasteiger partial charge is 0.478 e. The first-order chi connectivity index (χ1) is 19.9. The molecule has 0 saturated carbocycles. The second-order valence-electron chi connectivity index (χ2n) is 12.4. The Morgan fingerprint density at radius 3 is 2.71 bits per heavy atom. The summed E-state index contributed by atoms with van der Waals surface area (Å²) < 4.78 is 24.2. The van der Waals surface area contributed by atoms with Crippen LogP contribution in [0.4, 0.5) is 10.1 Å². The molecule has 0 aliphatic carbocycles. The molecule has 1 aromatic heterocycles. The van der Waals surface area contributed by atoms with Crippen LogP contribution in [0.15, 0.2) is 54.6 Å². The number of nitrogens with zero attached hydrogens (tertiary/aromatic N) is 3. The van der Waals surface area contributed by atoms with E-state index in [-0.39, 0.29) is 34.1 Å². The number of carbonyl (C=O) groups excluding carboxylic acids is 1. The number of anilines is 1. The van der Waals surface area contributed by atoms with Gasteiger partial charge in [0.05, 0.1) is 33.6 Å². The number of ether oxygens (including phenoxy) is 1. The number of hydrogen-bond acceptors (Lipinski definition) is 5. The first-order valence-corrected chi connectivity index (χ1v) is 14.4. The molecule has 8 nitrogen and oxygen atoms in total. The van der Waals surface area contributed by atoms with E-state index in [1.807, 2.05) is 6.07 Å². The Hall–Kier alpha value is -3.66. The highest BCUT2D eigenvalue weighted by molar-refractivity contribution is 6.31. The number of fused-ring (bicyclic) bond motifs is 7. The molecule has 216 valence electrons. The molecule has 1 saturated heterocycles. The number of amides is 1. The standard InChI is InChI=1S/C31H27Cl2FN4O4/c1-30(2,3)14-37-23-13-42-27-17-9-7-15(28(39)40)11-21(17)36-38(27)26(23)24(18-5-4-6-20(33)25(18)34)31(37)19-10-8-16(32)12-22(19)35-29(31)41/h4-12,23-24,26H,13-14H2,1-3H3,(H,35,41)(H,39,40)/t23-,24-,26+,31+/m0/s1. The van der Waals surface area contributed by atoms with Gasteiger partial charge >= 0.3 is 5.97 Å². The van der Waals surface area contributed by atoms with E-state index >= 15 is 4.39 Å². The highest BCUT2D eigenvalue weighted by Gasteiger charge is 2.69. The number of nitrogens with one attached hydrogen (secondary N) is 1. The van der Waals surface area contributed by atoms with Crippen molar-refractivity contribution in [1.82, 2.24) is 14.7 Å². The average molecular weight is 609 g/mol. The lowest BCUT2D eigenvalue weighted by Crippen LogP contribution is -2.55. The number of halogens is 3. The molecule has 2 N–H and O–H groups in total. The van der Waals surface area contributed by atoms with Crippen LogP contribution in [0.1, 0.15) is 54.2 Å². The molecule has 4 aromatic rings. The van der Waals surface area contributed by atoms with Crippen LogP contribution in [-0.4, -0.2) is 50.9 Å². The minimum Gasteiger partial charge on any atom is -0.478 e. The summed E-state index contributed by atoms with van der Waals surface area (Å²) in [4.78, 5) is 28.4. The Bertz CT molecular complexity index is 1820. The number of aromatic carboxylic acids is 1. The topological polar surface area (TPSA) is 96.7 Å². The van der Waals surface area contributed by atoms with Crippen LogP contribution in [0.25, 0.3) is 10.9 Å². The van der Waals surface area contributed by atoms with E-state index in [0.29, 0.717) is 39.6 Å². The van der Waals surface area contributed by atoms with Crippen molar-refractivity contribution in [3.8, 4) is 5.88 Å². The van der Waals surface area contributed by atoms with Gasteiger partial charge in [0.1, 0.15) is 18.0 Å². The Kier molecular flexibility index (Phi) is 5.94. The second-order valence-corrected chi connectivity index (χ2v) is 13.2. The second kappa shape index (κ2) is 9.17. The number of benzene rings is 3. The van der Waals surface area contributed by atoms with E-state index in [1.165, 1.54) is 18.2 Å². The zero-order chi connectivity index (χ0) is 29.7. The Balaban J connectivity index is 1.56. The minimum absolute atomic E-state index is 0.0489. The average Bonchev–Trinajstić information content (AvgIpc) is 3.53. The lowest BCUT2D eigenvalue weighted by atomic mass is 9.73. The van der Waals surface area contributed by atoms with E-state index in [0.717, 1.165) is 0 Å². The van der Waals surface area contributed by atoms with E-state index in [4.69, 9.17) is 33.0 Å². The van der Waals surface area contributed by atoms with Gasteiger partial charge in [0.15, 0.2) is 0 Å². The van der Waals surface area contributed by atoms with Gasteiger partial charge in [0.25, 0.3) is 0 Å². The zero-order valence-corrected chi connectivity index (χ0v) is 24.5. The third kappa shape index (κ3) is 3.73. The molecule has 1 amide bonds. The zero-order valence-electron chi connectivity index (χ0n) is 23.0. The van der Waals surface area contributed by atoms with Gasteiger partial charge in [-0.05, 0) is 47.4 Å². The maximum absolute atomic E-state index is 16.2. The maximum atomic E-state index is 16.2. The minimum atomic E-state index is -1.36. The predicted octanol–water partition coefficient (Wildman–Crippen LogP) is 6.48. The molecular formula is C31H27Cl2FN4O4. The van der Waals surface area contributed by atoms with Crippen LogP contribution in [-0.2, 0) is 10.3 Å². The van der Waals surface area contributed by atoms with E-state index in [1.54, 1.807) is 35.0 Å². The van der Waals surface area contributed by atoms with Crippen LogP contribution in [0, 0.1) is 11.2 Å². The maximum Gasteiger partial charge on any atom is 0.335 e. The molecule has 0 unspecified atom stereocenters. The van der Waals surface area contributed by atoms with Crippen LogP contribution in [0.2, 0.25) is 10.0 Å². The SMILES string of the molecule is CC(C)(C)CN1[C@H]2COc3c4ccc(C(=O)O)cc4nn3[C@H]2[C@H](c2cccc(Cl)c2F)[C@]12C(=O)Nc1cc(Cl)ccc12. The molecular weight excluding hydrogens is 582 g/mol. The van der Waals surface area contributed by atoms with Crippen molar-refractivity contribution in [1.29, 1.82) is 0 Å². The van der Waals surface area contributed by atoms with Crippen molar-refractivity contribution in [3.63, 3.8) is 0 Å². The summed E-state index contributed by atoms with van der Waals surface area (Å²) in [6.45, 7) is 6.94. The van der Waals surface area contributed by atoms with Crippen LogP contribution in [0.5, 0.6) is 5.88 Å². The van der Waals surface area contributed by atoms with Gasteiger partial charge in [-0.25, -0.2) is 13.9 Å². The summed E-state index contributed by atoms with van der Waals surface area (Å²) in [5, 5.41) is 18.5. The fraction of sp³-hybridized carbons (Fsp3) is 0.323. The Morgan fingerprint density at radius 1 is 1.19 bits per heavy atom. The number of carboxylic acids is 1. The summed E-state index contributed by atoms with van der Waals surface area (Å²) in [5.41, 5.74) is 0.434. The number of aromatic nitrogens is 2. The summed E-state index contributed by atoms with van der Waals surface area (Å²) in [6.07, 6.45) is 0. The number of likely N-dealkylation sites (tertiary alicyclic amines) is 1.